The molecule has 3 amide bonds. The van der Waals surface area contributed by atoms with Crippen molar-refractivity contribution in [3.63, 3.8) is 0 Å². The summed E-state index contributed by atoms with van der Waals surface area (Å²) in [5.74, 6) is -1.09. The van der Waals surface area contributed by atoms with Crippen LogP contribution < -0.4 is 21.7 Å². The predicted molar refractivity (Wildman–Crippen MR) is 78.6 cm³/mol. The monoisotopic (exact) mass is 290 g/mol. The van der Waals surface area contributed by atoms with Gasteiger partial charge in [0.2, 0.25) is 17.7 Å². The quantitative estimate of drug-likeness (QED) is 0.707. The molecule has 112 valence electrons. The van der Waals surface area contributed by atoms with Gasteiger partial charge in [-0.1, -0.05) is 0 Å². The first-order valence-corrected chi connectivity index (χ1v) is 6.64. The molecule has 7 heteroatoms. The zero-order chi connectivity index (χ0) is 15.6. The third-order valence-corrected chi connectivity index (χ3v) is 3.38. The fraction of sp³-hybridized carbons (Fsp3) is 0.357. The lowest BCUT2D eigenvalue weighted by molar-refractivity contribution is -0.123. The summed E-state index contributed by atoms with van der Waals surface area (Å²) in [6.07, 6.45) is 0.543. The van der Waals surface area contributed by atoms with Gasteiger partial charge in [-0.15, -0.1) is 0 Å². The van der Waals surface area contributed by atoms with E-state index >= 15 is 0 Å². The zero-order valence-corrected chi connectivity index (χ0v) is 11.8. The lowest BCUT2D eigenvalue weighted by Gasteiger charge is -2.15. The van der Waals surface area contributed by atoms with Gasteiger partial charge in [0.25, 0.3) is 0 Å². The van der Waals surface area contributed by atoms with Crippen LogP contribution in [0.5, 0.6) is 0 Å². The van der Waals surface area contributed by atoms with Crippen LogP contribution >= 0.6 is 0 Å². The van der Waals surface area contributed by atoms with Crippen LogP contribution in [0, 0.1) is 0 Å². The molecule has 21 heavy (non-hydrogen) atoms. The highest BCUT2D eigenvalue weighted by Crippen LogP contribution is 2.30. The van der Waals surface area contributed by atoms with Crippen molar-refractivity contribution >= 4 is 29.1 Å². The van der Waals surface area contributed by atoms with E-state index in [9.17, 15) is 14.4 Å². The van der Waals surface area contributed by atoms with E-state index in [0.29, 0.717) is 12.2 Å². The molecule has 0 bridgehead atoms. The molecule has 5 N–H and O–H groups in total. The largest absolute Gasteiger partial charge is 0.370 e. The Morgan fingerprint density at radius 1 is 1.38 bits per heavy atom. The summed E-state index contributed by atoms with van der Waals surface area (Å²) in [5, 5.41) is 2.65. The van der Waals surface area contributed by atoms with Gasteiger partial charge in [-0.05, 0) is 30.2 Å². The third-order valence-electron chi connectivity index (χ3n) is 3.38. The maximum Gasteiger partial charge on any atom is 0.241 e. The Balaban J connectivity index is 2.08. The second kappa shape index (κ2) is 5.92. The van der Waals surface area contributed by atoms with Gasteiger partial charge in [-0.3, -0.25) is 14.4 Å². The standard InChI is InChI=1S/C14H18N4O3/c1-8(19)18-5-4-9-6-10(2-3-12(9)18)17-14(21)11(15)7-13(16)20/h2-3,6,11H,4-5,7,15H2,1H3,(H2,16,20)(H,17,21). The van der Waals surface area contributed by atoms with Gasteiger partial charge in [-0.2, -0.15) is 0 Å². The van der Waals surface area contributed by atoms with E-state index in [4.69, 9.17) is 11.5 Å². The number of primary amides is 1. The molecule has 0 saturated heterocycles. The summed E-state index contributed by atoms with van der Waals surface area (Å²) in [5.41, 5.74) is 13.0. The number of fused-ring (bicyclic) bond motifs is 1. The first-order valence-electron chi connectivity index (χ1n) is 6.64. The van der Waals surface area contributed by atoms with Gasteiger partial charge in [0.15, 0.2) is 0 Å². The first kappa shape index (κ1) is 15.0. The number of anilines is 2. The van der Waals surface area contributed by atoms with Crippen LogP contribution in [0.3, 0.4) is 0 Å². The predicted octanol–water partition coefficient (Wildman–Crippen LogP) is -0.263. The Hall–Kier alpha value is -2.41. The molecule has 1 aliphatic rings. The fourth-order valence-electron chi connectivity index (χ4n) is 2.35. The average Bonchev–Trinajstić information content (AvgIpc) is 2.80. The second-order valence-electron chi connectivity index (χ2n) is 5.03. The molecule has 0 spiro atoms. The summed E-state index contributed by atoms with van der Waals surface area (Å²) in [6, 6.07) is 4.34. The second-order valence-corrected chi connectivity index (χ2v) is 5.03. The number of hydrogen-bond acceptors (Lipinski definition) is 4. The molecule has 7 nitrogen and oxygen atoms in total. The van der Waals surface area contributed by atoms with Crippen LogP contribution in [0.1, 0.15) is 18.9 Å². The van der Waals surface area contributed by atoms with Crippen LogP contribution in [-0.4, -0.2) is 30.3 Å². The van der Waals surface area contributed by atoms with Crippen molar-refractivity contribution in [3.05, 3.63) is 23.8 Å². The number of rotatable bonds is 4. The number of nitrogens with two attached hydrogens (primary N) is 2. The Morgan fingerprint density at radius 2 is 2.10 bits per heavy atom. The van der Waals surface area contributed by atoms with E-state index in [-0.39, 0.29) is 12.3 Å². The topological polar surface area (TPSA) is 119 Å². The van der Waals surface area contributed by atoms with Crippen molar-refractivity contribution in [3.8, 4) is 0 Å². The zero-order valence-electron chi connectivity index (χ0n) is 11.8. The summed E-state index contributed by atoms with van der Waals surface area (Å²) in [7, 11) is 0. The highest BCUT2D eigenvalue weighted by atomic mass is 16.2. The minimum Gasteiger partial charge on any atom is -0.370 e. The number of carbonyl (C=O) groups excluding carboxylic acids is 3. The molecule has 1 unspecified atom stereocenters. The van der Waals surface area contributed by atoms with E-state index in [1.165, 1.54) is 6.92 Å². The molecular weight excluding hydrogens is 272 g/mol. The van der Waals surface area contributed by atoms with E-state index < -0.39 is 17.9 Å². The average molecular weight is 290 g/mol. The van der Waals surface area contributed by atoms with Crippen LogP contribution in [0.2, 0.25) is 0 Å². The molecule has 0 saturated carbocycles. The van der Waals surface area contributed by atoms with Crippen molar-refractivity contribution in [2.75, 3.05) is 16.8 Å². The minimum atomic E-state index is -0.968. The van der Waals surface area contributed by atoms with Crippen LogP contribution in [0.15, 0.2) is 18.2 Å². The van der Waals surface area contributed by atoms with Gasteiger partial charge in [0.1, 0.15) is 0 Å². The van der Waals surface area contributed by atoms with Crippen molar-refractivity contribution in [1.82, 2.24) is 0 Å². The van der Waals surface area contributed by atoms with Gasteiger partial charge in [-0.25, -0.2) is 0 Å². The van der Waals surface area contributed by atoms with Crippen molar-refractivity contribution in [1.29, 1.82) is 0 Å². The van der Waals surface area contributed by atoms with E-state index in [1.54, 1.807) is 17.0 Å². The van der Waals surface area contributed by atoms with E-state index in [2.05, 4.69) is 5.32 Å². The SMILES string of the molecule is CC(=O)N1CCc2cc(NC(=O)C(N)CC(N)=O)ccc21. The summed E-state index contributed by atoms with van der Waals surface area (Å²) in [6.45, 7) is 2.16. The van der Waals surface area contributed by atoms with Crippen molar-refractivity contribution < 1.29 is 14.4 Å². The van der Waals surface area contributed by atoms with E-state index in [1.807, 2.05) is 6.07 Å². The molecular formula is C14H18N4O3. The fourth-order valence-corrected chi connectivity index (χ4v) is 2.35. The lowest BCUT2D eigenvalue weighted by Crippen LogP contribution is -2.39. The molecule has 1 aromatic rings. The Bertz CT molecular complexity index is 600. The molecule has 0 radical (unpaired) electrons. The molecule has 2 rings (SSSR count). The minimum absolute atomic E-state index is 0.00554. The smallest absolute Gasteiger partial charge is 0.241 e. The van der Waals surface area contributed by atoms with Gasteiger partial charge in [0, 0.05) is 24.8 Å². The number of amides is 3. The molecule has 1 heterocycles. The van der Waals surface area contributed by atoms with Gasteiger partial charge >= 0.3 is 0 Å². The highest BCUT2D eigenvalue weighted by molar-refractivity contribution is 5.98. The van der Waals surface area contributed by atoms with Gasteiger partial charge < -0.3 is 21.7 Å². The molecule has 0 fully saturated rings. The third kappa shape index (κ3) is 3.38. The highest BCUT2D eigenvalue weighted by Gasteiger charge is 2.23. The molecule has 0 aromatic heterocycles. The molecule has 1 aromatic carbocycles. The molecule has 1 aliphatic heterocycles. The number of nitrogens with one attached hydrogen (secondary N) is 1. The summed E-state index contributed by atoms with van der Waals surface area (Å²) >= 11 is 0. The van der Waals surface area contributed by atoms with Crippen molar-refractivity contribution in [2.24, 2.45) is 11.5 Å². The number of benzene rings is 1. The van der Waals surface area contributed by atoms with Crippen LogP contribution in [0.4, 0.5) is 11.4 Å². The normalized spacial score (nSPS) is 14.5. The van der Waals surface area contributed by atoms with Crippen LogP contribution in [-0.2, 0) is 20.8 Å². The first-order chi connectivity index (χ1) is 9.88. The maximum atomic E-state index is 11.8. The summed E-state index contributed by atoms with van der Waals surface area (Å²) in [4.78, 5) is 35.7. The molecule has 1 atom stereocenters. The molecule has 0 aliphatic carbocycles. The Labute approximate surface area is 122 Å². The number of hydrogen-bond donors (Lipinski definition) is 3. The number of nitrogens with zero attached hydrogens (tertiary/aromatic N) is 1. The Morgan fingerprint density at radius 3 is 2.71 bits per heavy atom. The van der Waals surface area contributed by atoms with Crippen LogP contribution in [0.25, 0.3) is 0 Å². The lowest BCUT2D eigenvalue weighted by atomic mass is 10.1. The van der Waals surface area contributed by atoms with E-state index in [0.717, 1.165) is 17.7 Å². The Kier molecular flexibility index (Phi) is 4.23. The van der Waals surface area contributed by atoms with Crippen molar-refractivity contribution in [2.45, 2.75) is 25.8 Å². The summed E-state index contributed by atoms with van der Waals surface area (Å²) < 4.78 is 0. The maximum absolute atomic E-state index is 11.8. The number of carbonyl (C=O) groups is 3. The van der Waals surface area contributed by atoms with Gasteiger partial charge in [0.05, 0.1) is 12.5 Å².